The predicted molar refractivity (Wildman–Crippen MR) is 70.3 cm³/mol. The molecule has 3 rings (SSSR count). The maximum atomic E-state index is 4.49. The fourth-order valence-corrected chi connectivity index (χ4v) is 2.73. The Balaban J connectivity index is 1.83. The molecule has 1 saturated heterocycles. The molecule has 0 bridgehead atoms. The molecule has 0 aromatic heterocycles. The predicted octanol–water partition coefficient (Wildman–Crippen LogP) is 1.77. The zero-order valence-corrected chi connectivity index (χ0v) is 10.3. The third kappa shape index (κ3) is 2.07. The van der Waals surface area contributed by atoms with Gasteiger partial charge in [0, 0.05) is 0 Å². The van der Waals surface area contributed by atoms with Crippen molar-refractivity contribution in [1.82, 2.24) is 10.3 Å². The lowest BCUT2D eigenvalue weighted by Crippen LogP contribution is -2.40. The van der Waals surface area contributed by atoms with Gasteiger partial charge in [-0.3, -0.25) is 4.90 Å². The standard InChI is InChI=1S/C14H19N3/c1-11-4-6-12(7-5-11)14-13(10-15-16-14)17-8-2-3-9-17/h4-7,13,15H,2-3,8-10H2,1H3. The Hall–Kier alpha value is -1.35. The van der Waals surface area contributed by atoms with Crippen LogP contribution in [0.2, 0.25) is 0 Å². The number of nitrogens with one attached hydrogen (secondary N) is 1. The van der Waals surface area contributed by atoms with Crippen molar-refractivity contribution in [2.45, 2.75) is 25.8 Å². The highest BCUT2D eigenvalue weighted by Crippen LogP contribution is 2.19. The summed E-state index contributed by atoms with van der Waals surface area (Å²) in [5.74, 6) is 0. The van der Waals surface area contributed by atoms with E-state index in [2.05, 4.69) is 46.6 Å². The molecule has 0 saturated carbocycles. The zero-order chi connectivity index (χ0) is 11.7. The summed E-state index contributed by atoms with van der Waals surface area (Å²) in [6, 6.07) is 9.17. The molecule has 1 aromatic rings. The van der Waals surface area contributed by atoms with Crippen LogP contribution in [0.3, 0.4) is 0 Å². The van der Waals surface area contributed by atoms with E-state index in [4.69, 9.17) is 0 Å². The quantitative estimate of drug-likeness (QED) is 0.837. The Bertz CT molecular complexity index is 416. The normalized spacial score (nSPS) is 24.8. The van der Waals surface area contributed by atoms with Crippen LogP contribution in [0.1, 0.15) is 24.0 Å². The highest BCUT2D eigenvalue weighted by atomic mass is 15.4. The van der Waals surface area contributed by atoms with Gasteiger partial charge < -0.3 is 5.43 Å². The largest absolute Gasteiger partial charge is 0.308 e. The lowest BCUT2D eigenvalue weighted by molar-refractivity contribution is 0.304. The lowest BCUT2D eigenvalue weighted by Gasteiger charge is -2.23. The van der Waals surface area contributed by atoms with Crippen molar-refractivity contribution >= 4 is 5.71 Å². The number of nitrogens with zero attached hydrogens (tertiary/aromatic N) is 2. The van der Waals surface area contributed by atoms with Crippen molar-refractivity contribution in [2.24, 2.45) is 5.10 Å². The van der Waals surface area contributed by atoms with Gasteiger partial charge in [-0.25, -0.2) is 0 Å². The van der Waals surface area contributed by atoms with E-state index in [1.54, 1.807) is 0 Å². The third-order valence-corrected chi connectivity index (χ3v) is 3.73. The highest BCUT2D eigenvalue weighted by molar-refractivity contribution is 6.05. The Morgan fingerprint density at radius 2 is 1.88 bits per heavy atom. The van der Waals surface area contributed by atoms with Crippen molar-refractivity contribution < 1.29 is 0 Å². The van der Waals surface area contributed by atoms with Gasteiger partial charge in [0.25, 0.3) is 0 Å². The fourth-order valence-electron chi connectivity index (χ4n) is 2.73. The summed E-state index contributed by atoms with van der Waals surface area (Å²) in [5, 5.41) is 4.49. The van der Waals surface area contributed by atoms with Gasteiger partial charge in [0.1, 0.15) is 0 Å². The van der Waals surface area contributed by atoms with E-state index in [0.29, 0.717) is 6.04 Å². The molecular weight excluding hydrogens is 210 g/mol. The fraction of sp³-hybridized carbons (Fsp3) is 0.500. The first-order valence-corrected chi connectivity index (χ1v) is 6.46. The number of benzene rings is 1. The second-order valence-electron chi connectivity index (χ2n) is 4.98. The van der Waals surface area contributed by atoms with Crippen LogP contribution in [0.5, 0.6) is 0 Å². The minimum Gasteiger partial charge on any atom is -0.308 e. The Morgan fingerprint density at radius 1 is 1.18 bits per heavy atom. The monoisotopic (exact) mass is 229 g/mol. The van der Waals surface area contributed by atoms with Gasteiger partial charge in [-0.2, -0.15) is 5.10 Å². The number of aryl methyl sites for hydroxylation is 1. The number of rotatable bonds is 2. The molecule has 17 heavy (non-hydrogen) atoms. The molecule has 90 valence electrons. The summed E-state index contributed by atoms with van der Waals surface area (Å²) in [6.45, 7) is 5.52. The van der Waals surface area contributed by atoms with E-state index in [-0.39, 0.29) is 0 Å². The SMILES string of the molecule is Cc1ccc(C2=NNCC2N2CCCC2)cc1. The number of hydrogen-bond donors (Lipinski definition) is 1. The van der Waals surface area contributed by atoms with Gasteiger partial charge >= 0.3 is 0 Å². The second-order valence-corrected chi connectivity index (χ2v) is 4.98. The van der Waals surface area contributed by atoms with Crippen molar-refractivity contribution in [3.05, 3.63) is 35.4 Å². The molecule has 2 aliphatic heterocycles. The van der Waals surface area contributed by atoms with Gasteiger partial charge in [0.05, 0.1) is 18.3 Å². The topological polar surface area (TPSA) is 27.6 Å². The van der Waals surface area contributed by atoms with Crippen LogP contribution in [-0.2, 0) is 0 Å². The molecule has 0 aliphatic carbocycles. The molecule has 3 nitrogen and oxygen atoms in total. The van der Waals surface area contributed by atoms with Crippen LogP contribution >= 0.6 is 0 Å². The van der Waals surface area contributed by atoms with Crippen LogP contribution in [0.25, 0.3) is 0 Å². The summed E-state index contributed by atoms with van der Waals surface area (Å²) >= 11 is 0. The van der Waals surface area contributed by atoms with Gasteiger partial charge in [-0.1, -0.05) is 29.8 Å². The summed E-state index contributed by atoms with van der Waals surface area (Å²) in [4.78, 5) is 2.55. The first-order chi connectivity index (χ1) is 8.34. The van der Waals surface area contributed by atoms with Crippen LogP contribution in [0.15, 0.2) is 29.4 Å². The van der Waals surface area contributed by atoms with Gasteiger partial charge in [0.2, 0.25) is 0 Å². The third-order valence-electron chi connectivity index (χ3n) is 3.73. The first kappa shape index (κ1) is 10.8. The van der Waals surface area contributed by atoms with Crippen LogP contribution in [0.4, 0.5) is 0 Å². The van der Waals surface area contributed by atoms with E-state index in [9.17, 15) is 0 Å². The van der Waals surface area contributed by atoms with E-state index >= 15 is 0 Å². The molecule has 0 radical (unpaired) electrons. The molecule has 1 atom stereocenters. The maximum absolute atomic E-state index is 4.49. The van der Waals surface area contributed by atoms with Gasteiger partial charge in [0.15, 0.2) is 0 Å². The number of likely N-dealkylation sites (tertiary alicyclic amines) is 1. The molecule has 1 aromatic carbocycles. The summed E-state index contributed by atoms with van der Waals surface area (Å²) in [7, 11) is 0. The molecule has 2 aliphatic rings. The van der Waals surface area contributed by atoms with E-state index < -0.39 is 0 Å². The van der Waals surface area contributed by atoms with Crippen molar-refractivity contribution in [3.63, 3.8) is 0 Å². The average molecular weight is 229 g/mol. The smallest absolute Gasteiger partial charge is 0.0865 e. The summed E-state index contributed by atoms with van der Waals surface area (Å²) in [6.07, 6.45) is 2.66. The zero-order valence-electron chi connectivity index (χ0n) is 10.3. The van der Waals surface area contributed by atoms with Crippen LogP contribution in [-0.4, -0.2) is 36.3 Å². The van der Waals surface area contributed by atoms with Gasteiger partial charge in [-0.05, 0) is 38.4 Å². The summed E-state index contributed by atoms with van der Waals surface area (Å²) < 4.78 is 0. The molecule has 1 fully saturated rings. The second kappa shape index (κ2) is 4.49. The minimum atomic E-state index is 0.472. The molecule has 3 heteroatoms. The number of hydrazone groups is 1. The highest BCUT2D eigenvalue weighted by Gasteiger charge is 2.30. The van der Waals surface area contributed by atoms with Crippen molar-refractivity contribution in [2.75, 3.05) is 19.6 Å². The lowest BCUT2D eigenvalue weighted by atomic mass is 10.0. The maximum Gasteiger partial charge on any atom is 0.0865 e. The minimum absolute atomic E-state index is 0.472. The Morgan fingerprint density at radius 3 is 2.59 bits per heavy atom. The van der Waals surface area contributed by atoms with E-state index in [1.807, 2.05) is 0 Å². The molecular formula is C14H19N3. The van der Waals surface area contributed by atoms with Gasteiger partial charge in [-0.15, -0.1) is 0 Å². The number of hydrogen-bond acceptors (Lipinski definition) is 3. The molecule has 0 amide bonds. The van der Waals surface area contributed by atoms with Crippen molar-refractivity contribution in [3.8, 4) is 0 Å². The first-order valence-electron chi connectivity index (χ1n) is 6.46. The van der Waals surface area contributed by atoms with Crippen LogP contribution < -0.4 is 5.43 Å². The molecule has 0 spiro atoms. The summed E-state index contributed by atoms with van der Waals surface area (Å²) in [5.41, 5.74) is 6.94. The van der Waals surface area contributed by atoms with Crippen molar-refractivity contribution in [1.29, 1.82) is 0 Å². The average Bonchev–Trinajstić information content (AvgIpc) is 3.00. The molecule has 2 heterocycles. The molecule has 1 N–H and O–H groups in total. The van der Waals surface area contributed by atoms with Crippen LogP contribution in [0, 0.1) is 6.92 Å². The Kier molecular flexibility index (Phi) is 2.85. The Labute approximate surface area is 103 Å². The van der Waals surface area contributed by atoms with E-state index in [0.717, 1.165) is 6.54 Å². The van der Waals surface area contributed by atoms with E-state index in [1.165, 1.54) is 42.8 Å². The molecule has 1 unspecified atom stereocenters.